The maximum absolute atomic E-state index is 5.98. The SMILES string of the molecule is CCC(C)(CCCl)NCc1ccc(Cl)c(Cl)c1. The van der Waals surface area contributed by atoms with E-state index >= 15 is 0 Å². The van der Waals surface area contributed by atoms with Crippen molar-refractivity contribution >= 4 is 34.8 Å². The number of hydrogen-bond acceptors (Lipinski definition) is 1. The summed E-state index contributed by atoms with van der Waals surface area (Å²) in [6.45, 7) is 5.12. The van der Waals surface area contributed by atoms with Crippen molar-refractivity contribution in [3.05, 3.63) is 33.8 Å². The Morgan fingerprint density at radius 3 is 2.47 bits per heavy atom. The fraction of sp³-hybridized carbons (Fsp3) is 0.538. The van der Waals surface area contributed by atoms with Crippen LogP contribution in [0.2, 0.25) is 10.0 Å². The fourth-order valence-electron chi connectivity index (χ4n) is 1.56. The molecule has 0 saturated heterocycles. The molecule has 0 radical (unpaired) electrons. The van der Waals surface area contributed by atoms with Gasteiger partial charge in [0.05, 0.1) is 10.0 Å². The third-order valence-corrected chi connectivity index (χ3v) is 4.06. The predicted molar refractivity (Wildman–Crippen MR) is 77.3 cm³/mol. The molecule has 0 spiro atoms. The van der Waals surface area contributed by atoms with E-state index in [0.717, 1.165) is 24.9 Å². The third-order valence-electron chi connectivity index (χ3n) is 3.13. The summed E-state index contributed by atoms with van der Waals surface area (Å²) in [5.74, 6) is 0.665. The van der Waals surface area contributed by atoms with Gasteiger partial charge in [-0.1, -0.05) is 36.2 Å². The molecule has 96 valence electrons. The van der Waals surface area contributed by atoms with Crippen LogP contribution in [0.5, 0.6) is 0 Å². The van der Waals surface area contributed by atoms with Crippen molar-refractivity contribution in [3.63, 3.8) is 0 Å². The Labute approximate surface area is 118 Å². The molecule has 0 aliphatic heterocycles. The molecule has 4 heteroatoms. The molecule has 0 aromatic heterocycles. The third kappa shape index (κ3) is 4.67. The van der Waals surface area contributed by atoms with E-state index in [-0.39, 0.29) is 5.54 Å². The van der Waals surface area contributed by atoms with Crippen molar-refractivity contribution in [1.82, 2.24) is 5.32 Å². The van der Waals surface area contributed by atoms with Gasteiger partial charge in [0, 0.05) is 18.0 Å². The number of hydrogen-bond donors (Lipinski definition) is 1. The van der Waals surface area contributed by atoms with Crippen LogP contribution >= 0.6 is 34.8 Å². The Balaban J connectivity index is 2.62. The van der Waals surface area contributed by atoms with Crippen LogP contribution in [0.25, 0.3) is 0 Å². The van der Waals surface area contributed by atoms with Crippen LogP contribution in [0.3, 0.4) is 0 Å². The molecule has 0 heterocycles. The molecular formula is C13H18Cl3N. The molecule has 0 bridgehead atoms. The van der Waals surface area contributed by atoms with Gasteiger partial charge in [-0.15, -0.1) is 11.6 Å². The summed E-state index contributed by atoms with van der Waals surface area (Å²) in [4.78, 5) is 0. The largest absolute Gasteiger partial charge is 0.307 e. The average molecular weight is 295 g/mol. The van der Waals surface area contributed by atoms with Crippen LogP contribution in [0, 0.1) is 0 Å². The van der Waals surface area contributed by atoms with Gasteiger partial charge in [-0.25, -0.2) is 0 Å². The smallest absolute Gasteiger partial charge is 0.0595 e. The lowest BCUT2D eigenvalue weighted by molar-refractivity contribution is 0.331. The molecular weight excluding hydrogens is 277 g/mol. The first-order valence-electron chi connectivity index (χ1n) is 5.75. The Kier molecular flexibility index (Phi) is 6.08. The van der Waals surface area contributed by atoms with E-state index < -0.39 is 0 Å². The van der Waals surface area contributed by atoms with Crippen LogP contribution in [-0.2, 0) is 6.54 Å². The summed E-state index contributed by atoms with van der Waals surface area (Å²) in [5, 5.41) is 4.71. The van der Waals surface area contributed by atoms with Gasteiger partial charge in [-0.2, -0.15) is 0 Å². The molecule has 0 saturated carbocycles. The Bertz CT molecular complexity index is 368. The van der Waals surface area contributed by atoms with E-state index in [2.05, 4.69) is 19.2 Å². The number of rotatable bonds is 6. The molecule has 0 aliphatic rings. The van der Waals surface area contributed by atoms with Crippen LogP contribution in [0.15, 0.2) is 18.2 Å². The molecule has 0 aliphatic carbocycles. The topological polar surface area (TPSA) is 12.0 Å². The van der Waals surface area contributed by atoms with E-state index in [0.29, 0.717) is 15.9 Å². The molecule has 0 fully saturated rings. The molecule has 1 atom stereocenters. The van der Waals surface area contributed by atoms with Crippen molar-refractivity contribution < 1.29 is 0 Å². The minimum atomic E-state index is 0.0772. The maximum Gasteiger partial charge on any atom is 0.0595 e. The summed E-state index contributed by atoms with van der Waals surface area (Å²) in [5.41, 5.74) is 1.21. The van der Waals surface area contributed by atoms with Crippen molar-refractivity contribution in [3.8, 4) is 0 Å². The van der Waals surface area contributed by atoms with E-state index in [9.17, 15) is 0 Å². The number of halogens is 3. The normalized spacial score (nSPS) is 14.6. The first-order chi connectivity index (χ1) is 8.00. The number of nitrogens with one attached hydrogen (secondary N) is 1. The number of benzene rings is 1. The lowest BCUT2D eigenvalue weighted by Gasteiger charge is -2.29. The first kappa shape index (κ1) is 15.1. The van der Waals surface area contributed by atoms with Gasteiger partial charge < -0.3 is 5.32 Å². The predicted octanol–water partition coefficient (Wildman–Crippen LogP) is 4.88. The van der Waals surface area contributed by atoms with Gasteiger partial charge in [0.2, 0.25) is 0 Å². The molecule has 1 rings (SSSR count). The lowest BCUT2D eigenvalue weighted by Crippen LogP contribution is -2.41. The van der Waals surface area contributed by atoms with E-state index in [1.807, 2.05) is 18.2 Å². The van der Waals surface area contributed by atoms with Crippen LogP contribution in [0.1, 0.15) is 32.3 Å². The van der Waals surface area contributed by atoms with Gasteiger partial charge in [-0.05, 0) is 37.5 Å². The standard InChI is InChI=1S/C13H18Cl3N/c1-3-13(2,6-7-14)17-9-10-4-5-11(15)12(16)8-10/h4-5,8,17H,3,6-7,9H2,1-2H3. The van der Waals surface area contributed by atoms with E-state index in [4.69, 9.17) is 34.8 Å². The van der Waals surface area contributed by atoms with Gasteiger partial charge >= 0.3 is 0 Å². The summed E-state index contributed by atoms with van der Waals surface area (Å²) in [6, 6.07) is 5.71. The molecule has 1 N–H and O–H groups in total. The average Bonchev–Trinajstić information content (AvgIpc) is 2.31. The molecule has 1 aromatic rings. The fourth-order valence-corrected chi connectivity index (χ4v) is 2.30. The van der Waals surface area contributed by atoms with Crippen molar-refractivity contribution in [2.45, 2.75) is 38.8 Å². The second kappa shape index (κ2) is 6.84. The zero-order valence-corrected chi connectivity index (χ0v) is 12.5. The molecule has 17 heavy (non-hydrogen) atoms. The zero-order chi connectivity index (χ0) is 12.9. The quantitative estimate of drug-likeness (QED) is 0.737. The van der Waals surface area contributed by atoms with Crippen LogP contribution in [0.4, 0.5) is 0 Å². The van der Waals surface area contributed by atoms with E-state index in [1.165, 1.54) is 0 Å². The van der Waals surface area contributed by atoms with Gasteiger partial charge in [0.25, 0.3) is 0 Å². The highest BCUT2D eigenvalue weighted by Crippen LogP contribution is 2.23. The van der Waals surface area contributed by atoms with Gasteiger partial charge in [0.1, 0.15) is 0 Å². The summed E-state index contributed by atoms with van der Waals surface area (Å²) >= 11 is 17.7. The highest BCUT2D eigenvalue weighted by atomic mass is 35.5. The Morgan fingerprint density at radius 2 is 1.94 bits per heavy atom. The zero-order valence-electron chi connectivity index (χ0n) is 10.2. The second-order valence-electron chi connectivity index (χ2n) is 4.46. The minimum Gasteiger partial charge on any atom is -0.307 e. The van der Waals surface area contributed by atoms with E-state index in [1.54, 1.807) is 0 Å². The molecule has 1 nitrogen and oxygen atoms in total. The Hall–Kier alpha value is 0.0500. The lowest BCUT2D eigenvalue weighted by atomic mass is 9.95. The van der Waals surface area contributed by atoms with Gasteiger partial charge in [0.15, 0.2) is 0 Å². The van der Waals surface area contributed by atoms with Crippen molar-refractivity contribution in [2.24, 2.45) is 0 Å². The highest BCUT2D eigenvalue weighted by Gasteiger charge is 2.20. The van der Waals surface area contributed by atoms with Crippen LogP contribution < -0.4 is 5.32 Å². The van der Waals surface area contributed by atoms with Gasteiger partial charge in [-0.3, -0.25) is 0 Å². The van der Waals surface area contributed by atoms with Crippen molar-refractivity contribution in [2.75, 3.05) is 5.88 Å². The first-order valence-corrected chi connectivity index (χ1v) is 7.05. The highest BCUT2D eigenvalue weighted by molar-refractivity contribution is 6.42. The van der Waals surface area contributed by atoms with Crippen LogP contribution in [-0.4, -0.2) is 11.4 Å². The van der Waals surface area contributed by atoms with Crippen molar-refractivity contribution in [1.29, 1.82) is 0 Å². The summed E-state index contributed by atoms with van der Waals surface area (Å²) in [6.07, 6.45) is 1.99. The minimum absolute atomic E-state index is 0.0772. The monoisotopic (exact) mass is 293 g/mol. The molecule has 1 unspecified atom stereocenters. The molecule has 0 amide bonds. The second-order valence-corrected chi connectivity index (χ2v) is 5.65. The maximum atomic E-state index is 5.98. The summed E-state index contributed by atoms with van der Waals surface area (Å²) < 4.78 is 0. The molecule has 1 aromatic carbocycles. The number of alkyl halides is 1. The summed E-state index contributed by atoms with van der Waals surface area (Å²) in [7, 11) is 0. The Morgan fingerprint density at radius 1 is 1.24 bits per heavy atom.